The average molecular weight is 414 g/mol. The van der Waals surface area contributed by atoms with E-state index in [1.807, 2.05) is 52.0 Å². The fraction of sp³-hybridized carbons (Fsp3) is 0.500. The maximum absolute atomic E-state index is 12.8. The van der Waals surface area contributed by atoms with Crippen LogP contribution in [0.5, 0.6) is 0 Å². The molecule has 1 aromatic heterocycles. The molecule has 2 amide bonds. The number of nitrogens with one attached hydrogen (secondary N) is 1. The molecule has 2 heterocycles. The quantitative estimate of drug-likeness (QED) is 0.787. The second-order valence-electron chi connectivity index (χ2n) is 8.36. The maximum Gasteiger partial charge on any atom is 0.257 e. The van der Waals surface area contributed by atoms with Crippen LogP contribution in [0.4, 0.5) is 11.4 Å². The van der Waals surface area contributed by atoms with Crippen LogP contribution in [-0.2, 0) is 15.1 Å². The number of hydrogen-bond acceptors (Lipinski definition) is 5. The molecular formula is C22H31N5O3. The summed E-state index contributed by atoms with van der Waals surface area (Å²) in [7, 11) is 0. The molecule has 0 radical (unpaired) electrons. The van der Waals surface area contributed by atoms with Crippen LogP contribution in [-0.4, -0.2) is 65.9 Å². The summed E-state index contributed by atoms with van der Waals surface area (Å²) < 4.78 is 7.13. The van der Waals surface area contributed by atoms with Crippen molar-refractivity contribution in [1.29, 1.82) is 0 Å². The highest BCUT2D eigenvalue weighted by atomic mass is 16.5. The molecule has 0 aliphatic carbocycles. The summed E-state index contributed by atoms with van der Waals surface area (Å²) in [4.78, 5) is 29.1. The molecule has 30 heavy (non-hydrogen) atoms. The lowest BCUT2D eigenvalue weighted by Crippen LogP contribution is -2.38. The fourth-order valence-corrected chi connectivity index (χ4v) is 3.26. The molecular weight excluding hydrogens is 382 g/mol. The van der Waals surface area contributed by atoms with Gasteiger partial charge < -0.3 is 19.9 Å². The van der Waals surface area contributed by atoms with Gasteiger partial charge in [0.2, 0.25) is 5.91 Å². The number of benzene rings is 1. The van der Waals surface area contributed by atoms with Crippen LogP contribution in [0.25, 0.3) is 0 Å². The zero-order valence-electron chi connectivity index (χ0n) is 18.2. The molecule has 1 saturated heterocycles. The van der Waals surface area contributed by atoms with Gasteiger partial charge in [0, 0.05) is 37.2 Å². The minimum atomic E-state index is -0.229. The van der Waals surface area contributed by atoms with Crippen molar-refractivity contribution in [1.82, 2.24) is 14.7 Å². The first-order valence-corrected chi connectivity index (χ1v) is 10.3. The molecule has 3 rings (SSSR count). The standard InChI is InChI=1S/C22H31N5O3/c1-5-25(21(29)17-14-23-27(15-17)22(2,3)4)16-20(28)24-18-6-8-19(9-7-18)26-10-12-30-13-11-26/h6-9,14-15H,5,10-13,16H2,1-4H3,(H,24,28). The highest BCUT2D eigenvalue weighted by Crippen LogP contribution is 2.19. The first kappa shape index (κ1) is 21.8. The van der Waals surface area contributed by atoms with E-state index >= 15 is 0 Å². The summed E-state index contributed by atoms with van der Waals surface area (Å²) in [5.41, 5.74) is 2.09. The molecule has 1 aromatic carbocycles. The molecule has 0 saturated carbocycles. The Morgan fingerprint density at radius 2 is 1.83 bits per heavy atom. The van der Waals surface area contributed by atoms with Crippen LogP contribution in [0.1, 0.15) is 38.1 Å². The largest absolute Gasteiger partial charge is 0.378 e. The van der Waals surface area contributed by atoms with Crippen LogP contribution >= 0.6 is 0 Å². The molecule has 1 aliphatic rings. The number of hydrogen-bond donors (Lipinski definition) is 1. The number of morpholine rings is 1. The zero-order valence-corrected chi connectivity index (χ0v) is 18.2. The van der Waals surface area contributed by atoms with E-state index in [1.54, 1.807) is 17.1 Å². The van der Waals surface area contributed by atoms with Crippen LogP contribution < -0.4 is 10.2 Å². The third-order valence-electron chi connectivity index (χ3n) is 5.05. The molecule has 0 spiro atoms. The second-order valence-corrected chi connectivity index (χ2v) is 8.36. The molecule has 8 heteroatoms. The molecule has 8 nitrogen and oxygen atoms in total. The van der Waals surface area contributed by atoms with Crippen molar-refractivity contribution in [3.05, 3.63) is 42.2 Å². The third kappa shape index (κ3) is 5.38. The number of amides is 2. The van der Waals surface area contributed by atoms with Gasteiger partial charge in [-0.2, -0.15) is 5.10 Å². The Morgan fingerprint density at radius 1 is 1.17 bits per heavy atom. The first-order chi connectivity index (χ1) is 14.3. The van der Waals surface area contributed by atoms with Crippen LogP contribution in [0.2, 0.25) is 0 Å². The summed E-state index contributed by atoms with van der Waals surface area (Å²) >= 11 is 0. The number of carbonyl (C=O) groups excluding carboxylic acids is 2. The van der Waals surface area contributed by atoms with E-state index in [9.17, 15) is 9.59 Å². The van der Waals surface area contributed by atoms with E-state index in [2.05, 4.69) is 15.3 Å². The highest BCUT2D eigenvalue weighted by Gasteiger charge is 2.22. The van der Waals surface area contributed by atoms with Crippen molar-refractivity contribution >= 4 is 23.2 Å². The molecule has 0 bridgehead atoms. The van der Waals surface area contributed by atoms with Gasteiger partial charge in [-0.1, -0.05) is 0 Å². The van der Waals surface area contributed by atoms with Crippen molar-refractivity contribution in [2.24, 2.45) is 0 Å². The summed E-state index contributed by atoms with van der Waals surface area (Å²) in [5.74, 6) is -0.432. The smallest absolute Gasteiger partial charge is 0.257 e. The van der Waals surface area contributed by atoms with Gasteiger partial charge in [0.1, 0.15) is 6.54 Å². The summed E-state index contributed by atoms with van der Waals surface area (Å²) in [6, 6.07) is 7.75. The molecule has 0 atom stereocenters. The van der Waals surface area contributed by atoms with Crippen molar-refractivity contribution in [2.45, 2.75) is 33.2 Å². The molecule has 1 aliphatic heterocycles. The SMILES string of the molecule is CCN(CC(=O)Nc1ccc(N2CCOCC2)cc1)C(=O)c1cnn(C(C)(C)C)c1. The highest BCUT2D eigenvalue weighted by molar-refractivity contribution is 5.99. The van der Waals surface area contributed by atoms with Gasteiger partial charge >= 0.3 is 0 Å². The number of likely N-dealkylation sites (N-methyl/N-ethyl adjacent to an activating group) is 1. The minimum absolute atomic E-state index is 0.0127. The molecule has 1 N–H and O–H groups in total. The van der Waals surface area contributed by atoms with Gasteiger partial charge in [-0.3, -0.25) is 14.3 Å². The maximum atomic E-state index is 12.8. The van der Waals surface area contributed by atoms with E-state index in [4.69, 9.17) is 4.74 Å². The first-order valence-electron chi connectivity index (χ1n) is 10.3. The summed E-state index contributed by atoms with van der Waals surface area (Å²) in [6.45, 7) is 11.5. The van der Waals surface area contributed by atoms with E-state index < -0.39 is 0 Å². The second kappa shape index (κ2) is 9.30. The van der Waals surface area contributed by atoms with Crippen molar-refractivity contribution < 1.29 is 14.3 Å². The predicted octanol–water partition coefficient (Wildman–Crippen LogP) is 2.58. The number of rotatable bonds is 6. The van der Waals surface area contributed by atoms with E-state index in [0.29, 0.717) is 17.8 Å². The average Bonchev–Trinajstić information content (AvgIpc) is 3.23. The number of carbonyl (C=O) groups is 2. The number of nitrogens with zero attached hydrogens (tertiary/aromatic N) is 4. The van der Waals surface area contributed by atoms with E-state index in [1.165, 1.54) is 4.90 Å². The van der Waals surface area contributed by atoms with Gasteiger partial charge in [-0.15, -0.1) is 0 Å². The summed E-state index contributed by atoms with van der Waals surface area (Å²) in [5, 5.41) is 7.15. The summed E-state index contributed by atoms with van der Waals surface area (Å²) in [6.07, 6.45) is 3.28. The van der Waals surface area contributed by atoms with Crippen LogP contribution in [0, 0.1) is 0 Å². The monoisotopic (exact) mass is 413 g/mol. The lowest BCUT2D eigenvalue weighted by atomic mass is 10.1. The van der Waals surface area contributed by atoms with Crippen LogP contribution in [0.3, 0.4) is 0 Å². The minimum Gasteiger partial charge on any atom is -0.378 e. The predicted molar refractivity (Wildman–Crippen MR) is 117 cm³/mol. The fourth-order valence-electron chi connectivity index (χ4n) is 3.26. The van der Waals surface area contributed by atoms with E-state index in [0.717, 1.165) is 32.0 Å². The Kier molecular flexibility index (Phi) is 6.77. The zero-order chi connectivity index (χ0) is 21.7. The lowest BCUT2D eigenvalue weighted by Gasteiger charge is -2.29. The van der Waals surface area contributed by atoms with Crippen LogP contribution in [0.15, 0.2) is 36.7 Å². The van der Waals surface area contributed by atoms with E-state index in [-0.39, 0.29) is 23.9 Å². The Balaban J connectivity index is 1.58. The Labute approximate surface area is 177 Å². The van der Waals surface area contributed by atoms with Crippen molar-refractivity contribution in [3.8, 4) is 0 Å². The molecule has 2 aromatic rings. The normalized spacial score (nSPS) is 14.5. The lowest BCUT2D eigenvalue weighted by molar-refractivity contribution is -0.116. The van der Waals surface area contributed by atoms with Gasteiger partial charge in [0.05, 0.1) is 30.5 Å². The van der Waals surface area contributed by atoms with Gasteiger partial charge in [-0.25, -0.2) is 0 Å². The Bertz CT molecular complexity index is 864. The van der Waals surface area contributed by atoms with Crippen molar-refractivity contribution in [2.75, 3.05) is 49.6 Å². The topological polar surface area (TPSA) is 79.7 Å². The Hall–Kier alpha value is -2.87. The van der Waals surface area contributed by atoms with Gasteiger partial charge in [0.25, 0.3) is 5.91 Å². The third-order valence-corrected chi connectivity index (χ3v) is 5.05. The van der Waals surface area contributed by atoms with Gasteiger partial charge in [0.15, 0.2) is 0 Å². The number of anilines is 2. The van der Waals surface area contributed by atoms with Gasteiger partial charge in [-0.05, 0) is 52.0 Å². The molecule has 162 valence electrons. The van der Waals surface area contributed by atoms with Crippen molar-refractivity contribution in [3.63, 3.8) is 0 Å². The molecule has 0 unspecified atom stereocenters. The number of aromatic nitrogens is 2. The Morgan fingerprint density at radius 3 is 2.40 bits per heavy atom. The number of ether oxygens (including phenoxy) is 1. The molecule has 1 fully saturated rings.